The Morgan fingerprint density at radius 3 is 2.50 bits per heavy atom. The zero-order valence-electron chi connectivity index (χ0n) is 10.2. The molecule has 0 unspecified atom stereocenters. The van der Waals surface area contributed by atoms with Crippen LogP contribution in [-0.2, 0) is 4.74 Å². The molecule has 0 saturated carbocycles. The van der Waals surface area contributed by atoms with E-state index in [1.54, 1.807) is 0 Å². The number of hydrogen-bond acceptors (Lipinski definition) is 3. The predicted octanol–water partition coefficient (Wildman–Crippen LogP) is 2.59. The van der Waals surface area contributed by atoms with Gasteiger partial charge in [-0.3, -0.25) is 4.98 Å². The summed E-state index contributed by atoms with van der Waals surface area (Å²) < 4.78 is 5.37. The van der Waals surface area contributed by atoms with Crippen LogP contribution in [-0.4, -0.2) is 31.3 Å². The summed E-state index contributed by atoms with van der Waals surface area (Å²) in [7, 11) is 0. The summed E-state index contributed by atoms with van der Waals surface area (Å²) in [5, 5.41) is 0. The molecule has 0 N–H and O–H groups in total. The summed E-state index contributed by atoms with van der Waals surface area (Å²) in [6, 6.07) is 12.6. The third-order valence-electron chi connectivity index (χ3n) is 3.21. The number of aromatic nitrogens is 1. The van der Waals surface area contributed by atoms with Crippen LogP contribution in [0, 0.1) is 0 Å². The van der Waals surface area contributed by atoms with Crippen molar-refractivity contribution in [3.05, 3.63) is 48.8 Å². The lowest BCUT2D eigenvalue weighted by Gasteiger charge is -2.28. The first-order valence-corrected chi connectivity index (χ1v) is 6.27. The van der Waals surface area contributed by atoms with Gasteiger partial charge in [-0.25, -0.2) is 0 Å². The molecule has 0 aliphatic carbocycles. The van der Waals surface area contributed by atoms with Gasteiger partial charge in [0.05, 0.1) is 25.1 Å². The number of anilines is 1. The SMILES string of the molecule is c1ccc(-c2cncc(N3CCOCC3)c2)cc1. The Labute approximate surface area is 107 Å². The van der Waals surface area contributed by atoms with E-state index in [9.17, 15) is 0 Å². The van der Waals surface area contributed by atoms with Gasteiger partial charge in [-0.05, 0) is 11.6 Å². The molecule has 1 aliphatic rings. The highest BCUT2D eigenvalue weighted by Crippen LogP contribution is 2.23. The van der Waals surface area contributed by atoms with E-state index in [1.165, 1.54) is 16.8 Å². The summed E-state index contributed by atoms with van der Waals surface area (Å²) in [5.74, 6) is 0. The number of rotatable bonds is 2. The Hall–Kier alpha value is -1.87. The maximum absolute atomic E-state index is 5.37. The number of ether oxygens (including phenoxy) is 1. The Bertz CT molecular complexity index is 507. The van der Waals surface area contributed by atoms with Gasteiger partial charge in [0.2, 0.25) is 0 Å². The van der Waals surface area contributed by atoms with E-state index in [0.29, 0.717) is 0 Å². The maximum atomic E-state index is 5.37. The van der Waals surface area contributed by atoms with Crippen molar-refractivity contribution in [2.75, 3.05) is 31.2 Å². The second-order valence-electron chi connectivity index (χ2n) is 4.40. The first-order valence-electron chi connectivity index (χ1n) is 6.27. The lowest BCUT2D eigenvalue weighted by atomic mass is 10.1. The van der Waals surface area contributed by atoms with Crippen LogP contribution in [0.2, 0.25) is 0 Å². The molecule has 0 atom stereocenters. The quantitative estimate of drug-likeness (QED) is 0.806. The Kier molecular flexibility index (Phi) is 3.24. The van der Waals surface area contributed by atoms with E-state index in [-0.39, 0.29) is 0 Å². The number of hydrogen-bond donors (Lipinski definition) is 0. The van der Waals surface area contributed by atoms with Gasteiger partial charge in [-0.15, -0.1) is 0 Å². The molecular formula is C15H16N2O. The molecule has 3 heteroatoms. The second kappa shape index (κ2) is 5.19. The molecule has 1 fully saturated rings. The summed E-state index contributed by atoms with van der Waals surface area (Å²) >= 11 is 0. The molecule has 1 aromatic heterocycles. The standard InChI is InChI=1S/C15H16N2O/c1-2-4-13(5-3-1)14-10-15(12-16-11-14)17-6-8-18-9-7-17/h1-5,10-12H,6-9H2. The van der Waals surface area contributed by atoms with Crippen molar-refractivity contribution in [3.63, 3.8) is 0 Å². The van der Waals surface area contributed by atoms with Gasteiger partial charge >= 0.3 is 0 Å². The predicted molar refractivity (Wildman–Crippen MR) is 72.7 cm³/mol. The van der Waals surface area contributed by atoms with E-state index < -0.39 is 0 Å². The number of benzene rings is 1. The average molecular weight is 240 g/mol. The zero-order chi connectivity index (χ0) is 12.2. The van der Waals surface area contributed by atoms with Gasteiger partial charge in [0.25, 0.3) is 0 Å². The van der Waals surface area contributed by atoms with Gasteiger partial charge < -0.3 is 9.64 Å². The minimum atomic E-state index is 0.801. The number of morpholine rings is 1. The van der Waals surface area contributed by atoms with E-state index in [0.717, 1.165) is 26.3 Å². The molecule has 92 valence electrons. The van der Waals surface area contributed by atoms with Crippen molar-refractivity contribution in [1.29, 1.82) is 0 Å². The fourth-order valence-electron chi connectivity index (χ4n) is 2.21. The Balaban J connectivity index is 1.89. The first-order chi connectivity index (χ1) is 8.93. The highest BCUT2D eigenvalue weighted by molar-refractivity contribution is 5.67. The van der Waals surface area contributed by atoms with Crippen molar-refractivity contribution < 1.29 is 4.74 Å². The van der Waals surface area contributed by atoms with E-state index in [4.69, 9.17) is 4.74 Å². The molecule has 0 radical (unpaired) electrons. The molecule has 1 aliphatic heterocycles. The van der Waals surface area contributed by atoms with Crippen LogP contribution >= 0.6 is 0 Å². The van der Waals surface area contributed by atoms with E-state index in [2.05, 4.69) is 40.2 Å². The van der Waals surface area contributed by atoms with Crippen LogP contribution < -0.4 is 4.90 Å². The van der Waals surface area contributed by atoms with Crippen molar-refractivity contribution in [2.24, 2.45) is 0 Å². The molecular weight excluding hydrogens is 224 g/mol. The molecule has 3 rings (SSSR count). The highest BCUT2D eigenvalue weighted by atomic mass is 16.5. The molecule has 2 aromatic rings. The minimum Gasteiger partial charge on any atom is -0.378 e. The molecule has 2 heterocycles. The lowest BCUT2D eigenvalue weighted by molar-refractivity contribution is 0.122. The third-order valence-corrected chi connectivity index (χ3v) is 3.21. The number of nitrogens with zero attached hydrogens (tertiary/aromatic N) is 2. The molecule has 0 amide bonds. The minimum absolute atomic E-state index is 0.801. The van der Waals surface area contributed by atoms with Crippen LogP contribution in [0.4, 0.5) is 5.69 Å². The van der Waals surface area contributed by atoms with Gasteiger partial charge in [0, 0.05) is 24.8 Å². The average Bonchev–Trinajstić information content (AvgIpc) is 2.49. The molecule has 3 nitrogen and oxygen atoms in total. The van der Waals surface area contributed by atoms with Crippen LogP contribution in [0.3, 0.4) is 0 Å². The summed E-state index contributed by atoms with van der Waals surface area (Å²) in [5.41, 5.74) is 3.55. The van der Waals surface area contributed by atoms with Crippen molar-refractivity contribution in [1.82, 2.24) is 4.98 Å². The van der Waals surface area contributed by atoms with E-state index in [1.807, 2.05) is 18.5 Å². The molecule has 1 aromatic carbocycles. The molecule has 18 heavy (non-hydrogen) atoms. The molecule has 0 bridgehead atoms. The smallest absolute Gasteiger partial charge is 0.0642 e. The van der Waals surface area contributed by atoms with Crippen LogP contribution in [0.5, 0.6) is 0 Å². The van der Waals surface area contributed by atoms with Gasteiger partial charge in [-0.1, -0.05) is 30.3 Å². The maximum Gasteiger partial charge on any atom is 0.0642 e. The van der Waals surface area contributed by atoms with Crippen molar-refractivity contribution in [2.45, 2.75) is 0 Å². The van der Waals surface area contributed by atoms with Crippen LogP contribution in [0.15, 0.2) is 48.8 Å². The lowest BCUT2D eigenvalue weighted by Crippen LogP contribution is -2.36. The zero-order valence-corrected chi connectivity index (χ0v) is 10.2. The first kappa shape index (κ1) is 11.2. The molecule has 0 spiro atoms. The van der Waals surface area contributed by atoms with Crippen molar-refractivity contribution >= 4 is 5.69 Å². The highest BCUT2D eigenvalue weighted by Gasteiger charge is 2.11. The summed E-state index contributed by atoms with van der Waals surface area (Å²) in [4.78, 5) is 6.68. The van der Waals surface area contributed by atoms with Crippen molar-refractivity contribution in [3.8, 4) is 11.1 Å². The normalized spacial score (nSPS) is 15.7. The van der Waals surface area contributed by atoms with E-state index >= 15 is 0 Å². The summed E-state index contributed by atoms with van der Waals surface area (Å²) in [6.45, 7) is 3.49. The fourth-order valence-corrected chi connectivity index (χ4v) is 2.21. The number of pyridine rings is 1. The summed E-state index contributed by atoms with van der Waals surface area (Å²) in [6.07, 6.45) is 3.84. The largest absolute Gasteiger partial charge is 0.378 e. The monoisotopic (exact) mass is 240 g/mol. The third kappa shape index (κ3) is 2.36. The second-order valence-corrected chi connectivity index (χ2v) is 4.40. The van der Waals surface area contributed by atoms with Gasteiger partial charge in [-0.2, -0.15) is 0 Å². The van der Waals surface area contributed by atoms with Gasteiger partial charge in [0.15, 0.2) is 0 Å². The van der Waals surface area contributed by atoms with Crippen LogP contribution in [0.25, 0.3) is 11.1 Å². The Morgan fingerprint density at radius 1 is 0.944 bits per heavy atom. The molecule has 1 saturated heterocycles. The topological polar surface area (TPSA) is 25.4 Å². The fraction of sp³-hybridized carbons (Fsp3) is 0.267. The van der Waals surface area contributed by atoms with Gasteiger partial charge in [0.1, 0.15) is 0 Å². The Morgan fingerprint density at radius 2 is 1.72 bits per heavy atom. The van der Waals surface area contributed by atoms with Crippen LogP contribution in [0.1, 0.15) is 0 Å².